The summed E-state index contributed by atoms with van der Waals surface area (Å²) in [5.74, 6) is -0.0638. The first-order chi connectivity index (χ1) is 7.56. The van der Waals surface area contributed by atoms with E-state index in [0.717, 1.165) is 22.3 Å². The van der Waals surface area contributed by atoms with Gasteiger partial charge in [0, 0.05) is 13.2 Å². The topological polar surface area (TPSA) is 46.4 Å². The van der Waals surface area contributed by atoms with Crippen LogP contribution in [0.25, 0.3) is 5.52 Å². The van der Waals surface area contributed by atoms with Gasteiger partial charge in [-0.05, 0) is 38.0 Å². The number of pyridine rings is 1. The number of hydrogen-bond donors (Lipinski definition) is 1. The Kier molecular flexibility index (Phi) is 2.42. The van der Waals surface area contributed by atoms with Crippen LogP contribution in [0.4, 0.5) is 0 Å². The van der Waals surface area contributed by atoms with Crippen LogP contribution in [0.3, 0.4) is 0 Å². The Morgan fingerprint density at radius 3 is 2.69 bits per heavy atom. The molecule has 2 aromatic rings. The molecule has 4 heteroatoms. The molecule has 4 nitrogen and oxygen atoms in total. The quantitative estimate of drug-likeness (QED) is 0.789. The lowest BCUT2D eigenvalue weighted by molar-refractivity contribution is 0.0963. The highest BCUT2D eigenvalue weighted by atomic mass is 16.1. The van der Waals surface area contributed by atoms with Crippen molar-refractivity contribution in [3.63, 3.8) is 0 Å². The van der Waals surface area contributed by atoms with Crippen LogP contribution in [0.1, 0.15) is 27.2 Å². The molecule has 0 saturated heterocycles. The number of carbonyl (C=O) groups excluding carboxylic acids is 1. The van der Waals surface area contributed by atoms with E-state index >= 15 is 0 Å². The summed E-state index contributed by atoms with van der Waals surface area (Å²) in [7, 11) is 1.64. The van der Waals surface area contributed by atoms with Crippen molar-refractivity contribution in [1.82, 2.24) is 14.9 Å². The second-order valence-electron chi connectivity index (χ2n) is 3.96. The fourth-order valence-corrected chi connectivity index (χ4v) is 1.90. The molecule has 0 aliphatic carbocycles. The van der Waals surface area contributed by atoms with Gasteiger partial charge in [0.2, 0.25) is 0 Å². The zero-order valence-corrected chi connectivity index (χ0v) is 9.96. The van der Waals surface area contributed by atoms with Gasteiger partial charge < -0.3 is 5.32 Å². The normalized spacial score (nSPS) is 10.8. The van der Waals surface area contributed by atoms with Gasteiger partial charge >= 0.3 is 0 Å². The van der Waals surface area contributed by atoms with E-state index in [9.17, 15) is 4.79 Å². The van der Waals surface area contributed by atoms with Gasteiger partial charge in [0.15, 0.2) is 0 Å². The molecule has 1 N–H and O–H groups in total. The summed E-state index contributed by atoms with van der Waals surface area (Å²) in [4.78, 5) is 11.9. The number of carbonyl (C=O) groups is 1. The lowest BCUT2D eigenvalue weighted by Crippen LogP contribution is -2.20. The number of aryl methyl sites for hydroxylation is 3. The van der Waals surface area contributed by atoms with Crippen molar-refractivity contribution in [1.29, 1.82) is 0 Å². The molecule has 16 heavy (non-hydrogen) atoms. The Hall–Kier alpha value is -1.84. The third kappa shape index (κ3) is 1.38. The Morgan fingerprint density at radius 1 is 1.38 bits per heavy atom. The molecule has 84 valence electrons. The highest BCUT2D eigenvalue weighted by Gasteiger charge is 2.16. The average molecular weight is 217 g/mol. The molecule has 0 unspecified atom stereocenters. The maximum atomic E-state index is 11.9. The van der Waals surface area contributed by atoms with Gasteiger partial charge in [0.05, 0.1) is 16.8 Å². The number of hydrogen-bond acceptors (Lipinski definition) is 2. The first-order valence-electron chi connectivity index (χ1n) is 5.23. The van der Waals surface area contributed by atoms with Gasteiger partial charge in [-0.15, -0.1) is 0 Å². The summed E-state index contributed by atoms with van der Waals surface area (Å²) in [6.45, 7) is 5.88. The number of nitrogens with one attached hydrogen (secondary N) is 1. The highest BCUT2D eigenvalue weighted by Crippen LogP contribution is 2.21. The highest BCUT2D eigenvalue weighted by molar-refractivity contribution is 6.02. The maximum Gasteiger partial charge on any atom is 0.253 e. The van der Waals surface area contributed by atoms with Crippen molar-refractivity contribution in [2.24, 2.45) is 0 Å². The van der Waals surface area contributed by atoms with Crippen LogP contribution in [0.5, 0.6) is 0 Å². The summed E-state index contributed by atoms with van der Waals surface area (Å²) in [6.07, 6.45) is 1.89. The summed E-state index contributed by atoms with van der Waals surface area (Å²) in [6, 6.07) is 1.91. The predicted octanol–water partition coefficient (Wildman–Crippen LogP) is 1.62. The van der Waals surface area contributed by atoms with E-state index < -0.39 is 0 Å². The molecule has 0 saturated carbocycles. The lowest BCUT2D eigenvalue weighted by Gasteiger charge is -2.07. The third-order valence-electron chi connectivity index (χ3n) is 2.94. The van der Waals surface area contributed by atoms with Crippen molar-refractivity contribution in [3.8, 4) is 0 Å². The van der Waals surface area contributed by atoms with E-state index in [1.165, 1.54) is 0 Å². The van der Waals surface area contributed by atoms with Crippen LogP contribution in [0.2, 0.25) is 0 Å². The Labute approximate surface area is 94.3 Å². The molecule has 2 rings (SSSR count). The Balaban J connectivity index is 2.88. The van der Waals surface area contributed by atoms with E-state index in [1.807, 2.05) is 33.0 Å². The molecular formula is C12H15N3O. The smallest absolute Gasteiger partial charge is 0.253 e. The van der Waals surface area contributed by atoms with E-state index in [2.05, 4.69) is 10.4 Å². The van der Waals surface area contributed by atoms with Crippen LogP contribution >= 0.6 is 0 Å². The molecule has 1 amide bonds. The molecular weight excluding hydrogens is 202 g/mol. The summed E-state index contributed by atoms with van der Waals surface area (Å²) in [5, 5.41) is 7.04. The first kappa shape index (κ1) is 10.7. The van der Waals surface area contributed by atoms with Gasteiger partial charge in [-0.3, -0.25) is 4.79 Å². The van der Waals surface area contributed by atoms with Crippen molar-refractivity contribution in [2.75, 3.05) is 7.05 Å². The lowest BCUT2D eigenvalue weighted by atomic mass is 10.1. The SMILES string of the molecule is CNC(=O)c1c(C)ccn2nc(C)c(C)c12. The van der Waals surface area contributed by atoms with Crippen LogP contribution < -0.4 is 5.32 Å². The zero-order chi connectivity index (χ0) is 11.9. The zero-order valence-electron chi connectivity index (χ0n) is 9.96. The molecule has 0 bridgehead atoms. The summed E-state index contributed by atoms with van der Waals surface area (Å²) in [5.41, 5.74) is 4.59. The molecule has 2 aromatic heterocycles. The maximum absolute atomic E-state index is 11.9. The van der Waals surface area contributed by atoms with Crippen LogP contribution in [0.15, 0.2) is 12.3 Å². The molecule has 0 aliphatic rings. The van der Waals surface area contributed by atoms with E-state index in [-0.39, 0.29) is 5.91 Å². The largest absolute Gasteiger partial charge is 0.355 e. The second kappa shape index (κ2) is 3.63. The number of fused-ring (bicyclic) bond motifs is 1. The average Bonchev–Trinajstić information content (AvgIpc) is 2.55. The van der Waals surface area contributed by atoms with Gasteiger partial charge in [-0.2, -0.15) is 5.10 Å². The summed E-state index contributed by atoms with van der Waals surface area (Å²) >= 11 is 0. The molecule has 0 atom stereocenters. The van der Waals surface area contributed by atoms with Crippen molar-refractivity contribution in [3.05, 3.63) is 34.6 Å². The number of aromatic nitrogens is 2. The monoisotopic (exact) mass is 217 g/mol. The standard InChI is InChI=1S/C12H15N3O/c1-7-5-6-15-11(8(2)9(3)14-15)10(7)12(16)13-4/h5-6H,1-4H3,(H,13,16). The predicted molar refractivity (Wildman–Crippen MR) is 62.8 cm³/mol. The Morgan fingerprint density at radius 2 is 2.06 bits per heavy atom. The molecule has 0 aromatic carbocycles. The van der Waals surface area contributed by atoms with Gasteiger partial charge in [-0.25, -0.2) is 4.52 Å². The molecule has 0 radical (unpaired) electrons. The number of nitrogens with zero attached hydrogens (tertiary/aromatic N) is 2. The third-order valence-corrected chi connectivity index (χ3v) is 2.94. The minimum Gasteiger partial charge on any atom is -0.355 e. The van der Waals surface area contributed by atoms with Crippen LogP contribution in [-0.2, 0) is 0 Å². The molecule has 0 aliphatic heterocycles. The van der Waals surface area contributed by atoms with E-state index in [0.29, 0.717) is 5.56 Å². The minimum atomic E-state index is -0.0638. The fourth-order valence-electron chi connectivity index (χ4n) is 1.90. The first-order valence-corrected chi connectivity index (χ1v) is 5.23. The fraction of sp³-hybridized carbons (Fsp3) is 0.333. The summed E-state index contributed by atoms with van der Waals surface area (Å²) < 4.78 is 1.77. The van der Waals surface area contributed by atoms with Crippen molar-refractivity contribution in [2.45, 2.75) is 20.8 Å². The molecule has 0 fully saturated rings. The van der Waals surface area contributed by atoms with E-state index in [4.69, 9.17) is 0 Å². The van der Waals surface area contributed by atoms with Gasteiger partial charge in [0.25, 0.3) is 5.91 Å². The Bertz CT molecular complexity index is 569. The number of rotatable bonds is 1. The minimum absolute atomic E-state index is 0.0638. The van der Waals surface area contributed by atoms with Gasteiger partial charge in [0.1, 0.15) is 0 Å². The van der Waals surface area contributed by atoms with Crippen LogP contribution in [0, 0.1) is 20.8 Å². The molecule has 0 spiro atoms. The van der Waals surface area contributed by atoms with E-state index in [1.54, 1.807) is 11.6 Å². The van der Waals surface area contributed by atoms with Gasteiger partial charge in [-0.1, -0.05) is 0 Å². The van der Waals surface area contributed by atoms with Crippen molar-refractivity contribution >= 4 is 11.4 Å². The van der Waals surface area contributed by atoms with Crippen LogP contribution in [-0.4, -0.2) is 22.6 Å². The van der Waals surface area contributed by atoms with Crippen molar-refractivity contribution < 1.29 is 4.79 Å². The molecule has 2 heterocycles. The number of amides is 1. The second-order valence-corrected chi connectivity index (χ2v) is 3.96.